The highest BCUT2D eigenvalue weighted by molar-refractivity contribution is 5.76. The number of carbonyl (C=O) groups excluding carboxylic acids is 1. The van der Waals surface area contributed by atoms with Crippen molar-refractivity contribution >= 4 is 11.9 Å². The van der Waals surface area contributed by atoms with Crippen molar-refractivity contribution in [3.63, 3.8) is 0 Å². The minimum Gasteiger partial charge on any atom is -0.461 e. The molecule has 6 heteroatoms. The molecule has 0 unspecified atom stereocenters. The van der Waals surface area contributed by atoms with Crippen LogP contribution in [0.1, 0.15) is 39.5 Å². The number of anilines is 1. The van der Waals surface area contributed by atoms with E-state index in [2.05, 4.69) is 34.8 Å². The molecular formula is C23H33N4O2+. The molecule has 0 bridgehead atoms. The van der Waals surface area contributed by atoms with Crippen LogP contribution in [0.25, 0.3) is 0 Å². The maximum absolute atomic E-state index is 12.8. The zero-order valence-corrected chi connectivity index (χ0v) is 17.6. The van der Waals surface area contributed by atoms with Gasteiger partial charge in [-0.25, -0.2) is 9.97 Å². The second-order valence-electron chi connectivity index (χ2n) is 9.83. The Balaban J connectivity index is 1.27. The van der Waals surface area contributed by atoms with Gasteiger partial charge in [0, 0.05) is 18.3 Å². The SMILES string of the molecule is C[C@H]1CCC[C@]2(C)C[C@H]3OC(=O)[C@@H](C[NH+]4CCN(c5ncccn5)CC4)[C@H]3C=C12. The van der Waals surface area contributed by atoms with Gasteiger partial charge in [-0.3, -0.25) is 4.79 Å². The zero-order chi connectivity index (χ0) is 20.0. The Bertz CT molecular complexity index is 789. The number of nitrogens with zero attached hydrogens (tertiary/aromatic N) is 3. The summed E-state index contributed by atoms with van der Waals surface area (Å²) >= 11 is 0. The van der Waals surface area contributed by atoms with Crippen LogP contribution in [0, 0.1) is 23.2 Å². The van der Waals surface area contributed by atoms with E-state index >= 15 is 0 Å². The quantitative estimate of drug-likeness (QED) is 0.619. The van der Waals surface area contributed by atoms with E-state index in [1.807, 2.05) is 6.07 Å². The van der Waals surface area contributed by atoms with Crippen LogP contribution < -0.4 is 9.80 Å². The van der Waals surface area contributed by atoms with Gasteiger partial charge < -0.3 is 14.5 Å². The van der Waals surface area contributed by atoms with Crippen molar-refractivity contribution < 1.29 is 14.4 Å². The first-order chi connectivity index (χ1) is 14.0. The van der Waals surface area contributed by atoms with E-state index in [1.165, 1.54) is 24.2 Å². The third-order valence-electron chi connectivity index (χ3n) is 7.90. The van der Waals surface area contributed by atoms with Crippen LogP contribution in [0.5, 0.6) is 0 Å². The van der Waals surface area contributed by atoms with Crippen molar-refractivity contribution in [2.45, 2.75) is 45.6 Å². The number of rotatable bonds is 3. The predicted octanol–water partition coefficient (Wildman–Crippen LogP) is 1.50. The lowest BCUT2D eigenvalue weighted by atomic mass is 9.59. The van der Waals surface area contributed by atoms with E-state index in [0.717, 1.165) is 45.1 Å². The molecule has 6 nitrogen and oxygen atoms in total. The minimum absolute atomic E-state index is 0.0145. The maximum atomic E-state index is 12.8. The first-order valence-electron chi connectivity index (χ1n) is 11.3. The molecule has 29 heavy (non-hydrogen) atoms. The van der Waals surface area contributed by atoms with Crippen LogP contribution in [0.4, 0.5) is 5.95 Å². The molecule has 3 fully saturated rings. The number of ether oxygens (including phenoxy) is 1. The van der Waals surface area contributed by atoms with Gasteiger partial charge in [0.2, 0.25) is 5.95 Å². The highest BCUT2D eigenvalue weighted by Gasteiger charge is 2.52. The number of nitrogens with one attached hydrogen (secondary N) is 1. The molecule has 0 aromatic carbocycles. The van der Waals surface area contributed by atoms with Gasteiger partial charge in [-0.2, -0.15) is 0 Å². The number of hydrogen-bond acceptors (Lipinski definition) is 5. The van der Waals surface area contributed by atoms with Crippen molar-refractivity contribution in [3.05, 3.63) is 30.1 Å². The third-order valence-corrected chi connectivity index (χ3v) is 7.90. The van der Waals surface area contributed by atoms with Crippen molar-refractivity contribution in [3.8, 4) is 0 Å². The average Bonchev–Trinajstić information content (AvgIpc) is 3.01. The normalized spacial score (nSPS) is 37.5. The van der Waals surface area contributed by atoms with Crippen LogP contribution in [0.2, 0.25) is 0 Å². The molecule has 0 amide bonds. The standard InChI is InChI=1S/C23H32N4O2/c1-16-5-3-6-23(2)14-20-17(13-19(16)23)18(21(28)29-20)15-26-9-11-27(12-10-26)22-24-7-4-8-25-22/h4,7-8,13,16-18,20H,3,5-6,9-12,14-15H2,1-2H3/p+1/t16-,17+,18-,20+,23+/m0/s1. The summed E-state index contributed by atoms with van der Waals surface area (Å²) in [5.74, 6) is 1.78. The van der Waals surface area contributed by atoms with E-state index < -0.39 is 0 Å². The lowest BCUT2D eigenvalue weighted by Crippen LogP contribution is -3.15. The minimum atomic E-state index is 0.0145. The molecule has 2 aliphatic carbocycles. The van der Waals surface area contributed by atoms with Crippen molar-refractivity contribution in [1.29, 1.82) is 0 Å². The van der Waals surface area contributed by atoms with Gasteiger partial charge in [0.1, 0.15) is 12.0 Å². The Hall–Kier alpha value is -1.95. The molecule has 2 saturated heterocycles. The molecule has 3 heterocycles. The fourth-order valence-corrected chi connectivity index (χ4v) is 6.27. The summed E-state index contributed by atoms with van der Waals surface area (Å²) in [4.78, 5) is 25.3. The van der Waals surface area contributed by atoms with Gasteiger partial charge in [0.05, 0.1) is 32.7 Å². The molecule has 0 spiro atoms. The Kier molecular flexibility index (Phi) is 4.85. The average molecular weight is 398 g/mol. The monoisotopic (exact) mass is 397 g/mol. The lowest BCUT2D eigenvalue weighted by Gasteiger charge is -2.46. The van der Waals surface area contributed by atoms with Crippen molar-refractivity contribution in [2.24, 2.45) is 23.2 Å². The molecular weight excluding hydrogens is 364 g/mol. The van der Waals surface area contributed by atoms with Crippen LogP contribution in [0.3, 0.4) is 0 Å². The van der Waals surface area contributed by atoms with Gasteiger partial charge in [0.25, 0.3) is 0 Å². The molecule has 0 radical (unpaired) electrons. The molecule has 1 aromatic heterocycles. The van der Waals surface area contributed by atoms with Crippen molar-refractivity contribution in [1.82, 2.24) is 9.97 Å². The predicted molar refractivity (Wildman–Crippen MR) is 110 cm³/mol. The molecule has 1 N–H and O–H groups in total. The number of fused-ring (bicyclic) bond motifs is 2. The van der Waals surface area contributed by atoms with Gasteiger partial charge in [-0.1, -0.05) is 31.9 Å². The number of carbonyl (C=O) groups is 1. The van der Waals surface area contributed by atoms with E-state index in [0.29, 0.717) is 5.92 Å². The zero-order valence-electron chi connectivity index (χ0n) is 17.6. The Morgan fingerprint density at radius 3 is 2.79 bits per heavy atom. The van der Waals surface area contributed by atoms with Crippen LogP contribution >= 0.6 is 0 Å². The fraction of sp³-hybridized carbons (Fsp3) is 0.696. The Labute approximate surface area is 173 Å². The summed E-state index contributed by atoms with van der Waals surface area (Å²) in [7, 11) is 0. The van der Waals surface area contributed by atoms with E-state index in [4.69, 9.17) is 4.74 Å². The van der Waals surface area contributed by atoms with Crippen molar-refractivity contribution in [2.75, 3.05) is 37.6 Å². The number of esters is 1. The summed E-state index contributed by atoms with van der Waals surface area (Å²) in [6, 6.07) is 1.85. The molecule has 2 aliphatic heterocycles. The lowest BCUT2D eigenvalue weighted by molar-refractivity contribution is -0.903. The Morgan fingerprint density at radius 1 is 1.28 bits per heavy atom. The highest BCUT2D eigenvalue weighted by atomic mass is 16.6. The summed E-state index contributed by atoms with van der Waals surface area (Å²) in [6.07, 6.45) is 11.0. The number of hydrogen-bond donors (Lipinski definition) is 1. The molecule has 5 rings (SSSR count). The summed E-state index contributed by atoms with van der Waals surface area (Å²) in [5.41, 5.74) is 1.84. The molecule has 156 valence electrons. The maximum Gasteiger partial charge on any atom is 0.315 e. The fourth-order valence-electron chi connectivity index (χ4n) is 6.27. The number of quaternary nitrogens is 1. The second-order valence-corrected chi connectivity index (χ2v) is 9.83. The topological polar surface area (TPSA) is 59.8 Å². The van der Waals surface area contributed by atoms with Gasteiger partial charge in [0.15, 0.2) is 0 Å². The highest BCUT2D eigenvalue weighted by Crippen LogP contribution is 2.53. The van der Waals surface area contributed by atoms with E-state index in [1.54, 1.807) is 18.0 Å². The molecule has 1 saturated carbocycles. The van der Waals surface area contributed by atoms with Crippen LogP contribution in [-0.4, -0.2) is 54.8 Å². The van der Waals surface area contributed by atoms with Crippen LogP contribution in [0.15, 0.2) is 30.1 Å². The number of piperazine rings is 1. The van der Waals surface area contributed by atoms with E-state index in [-0.39, 0.29) is 29.3 Å². The van der Waals surface area contributed by atoms with Crippen LogP contribution in [-0.2, 0) is 9.53 Å². The first-order valence-corrected chi connectivity index (χ1v) is 11.3. The first kappa shape index (κ1) is 19.0. The third kappa shape index (κ3) is 3.45. The van der Waals surface area contributed by atoms with E-state index in [9.17, 15) is 4.79 Å². The summed E-state index contributed by atoms with van der Waals surface area (Å²) in [6.45, 7) is 9.55. The largest absolute Gasteiger partial charge is 0.461 e. The molecule has 4 aliphatic rings. The smallest absolute Gasteiger partial charge is 0.315 e. The Morgan fingerprint density at radius 2 is 2.03 bits per heavy atom. The summed E-state index contributed by atoms with van der Waals surface area (Å²) < 4.78 is 5.93. The van der Waals surface area contributed by atoms with Gasteiger partial charge in [-0.05, 0) is 36.7 Å². The second kappa shape index (κ2) is 7.38. The van der Waals surface area contributed by atoms with Gasteiger partial charge in [-0.15, -0.1) is 0 Å². The number of aromatic nitrogens is 2. The summed E-state index contributed by atoms with van der Waals surface area (Å²) in [5, 5.41) is 0. The molecule has 1 aromatic rings. The van der Waals surface area contributed by atoms with Gasteiger partial charge >= 0.3 is 5.97 Å². The molecule has 5 atom stereocenters. The number of allylic oxidation sites excluding steroid dienone is 1.